The van der Waals surface area contributed by atoms with E-state index in [2.05, 4.69) is 44.8 Å². The van der Waals surface area contributed by atoms with Crippen molar-refractivity contribution >= 4 is 16.9 Å². The molecule has 0 saturated heterocycles. The van der Waals surface area contributed by atoms with Crippen molar-refractivity contribution in [1.29, 1.82) is 0 Å². The van der Waals surface area contributed by atoms with Crippen molar-refractivity contribution in [3.63, 3.8) is 0 Å². The van der Waals surface area contributed by atoms with Gasteiger partial charge in [0.2, 0.25) is 0 Å². The molecule has 0 saturated carbocycles. The fraction of sp³-hybridized carbons (Fsp3) is 0.333. The number of pyridine rings is 1. The van der Waals surface area contributed by atoms with Gasteiger partial charge in [-0.05, 0) is 47.2 Å². The molecular formula is C21H24N2O2. The van der Waals surface area contributed by atoms with Gasteiger partial charge in [0.1, 0.15) is 5.69 Å². The molecule has 0 aliphatic heterocycles. The summed E-state index contributed by atoms with van der Waals surface area (Å²) >= 11 is 0. The Morgan fingerprint density at radius 1 is 1.12 bits per heavy atom. The Bertz CT molecular complexity index is 909. The van der Waals surface area contributed by atoms with Crippen molar-refractivity contribution in [3.05, 3.63) is 65.1 Å². The van der Waals surface area contributed by atoms with Gasteiger partial charge in [0, 0.05) is 11.6 Å². The minimum Gasteiger partial charge on any atom is -0.477 e. The van der Waals surface area contributed by atoms with Crippen molar-refractivity contribution in [3.8, 4) is 0 Å². The van der Waals surface area contributed by atoms with Gasteiger partial charge in [0.15, 0.2) is 0 Å². The lowest BCUT2D eigenvalue weighted by molar-refractivity contribution is 0.0686. The molecule has 3 rings (SSSR count). The average Bonchev–Trinajstić information content (AvgIpc) is 2.93. The minimum atomic E-state index is -0.909. The minimum absolute atomic E-state index is 0.306. The lowest BCUT2D eigenvalue weighted by atomic mass is 9.93. The fourth-order valence-corrected chi connectivity index (χ4v) is 3.24. The summed E-state index contributed by atoms with van der Waals surface area (Å²) < 4.78 is 1.89. The van der Waals surface area contributed by atoms with Gasteiger partial charge in [-0.3, -0.25) is 4.98 Å². The second kappa shape index (κ2) is 6.71. The molecule has 4 nitrogen and oxygen atoms in total. The summed E-state index contributed by atoms with van der Waals surface area (Å²) in [7, 11) is 0. The lowest BCUT2D eigenvalue weighted by Crippen LogP contribution is -2.11. The first-order valence-electron chi connectivity index (χ1n) is 8.68. The first-order valence-corrected chi connectivity index (χ1v) is 8.68. The van der Waals surface area contributed by atoms with E-state index in [-0.39, 0.29) is 0 Å². The third kappa shape index (κ3) is 3.29. The topological polar surface area (TPSA) is 55.1 Å². The van der Waals surface area contributed by atoms with Crippen LogP contribution >= 0.6 is 0 Å². The van der Waals surface area contributed by atoms with Gasteiger partial charge in [-0.2, -0.15) is 0 Å². The highest BCUT2D eigenvalue weighted by atomic mass is 16.4. The molecule has 0 spiro atoms. The largest absolute Gasteiger partial charge is 0.477 e. The highest BCUT2D eigenvalue weighted by Gasteiger charge is 2.20. The molecular weight excluding hydrogens is 312 g/mol. The van der Waals surface area contributed by atoms with Crippen LogP contribution in [-0.2, 0) is 6.54 Å². The lowest BCUT2D eigenvalue weighted by Gasteiger charge is -2.16. The van der Waals surface area contributed by atoms with Gasteiger partial charge in [-0.1, -0.05) is 39.8 Å². The van der Waals surface area contributed by atoms with Crippen LogP contribution < -0.4 is 0 Å². The van der Waals surface area contributed by atoms with Gasteiger partial charge in [-0.15, -0.1) is 0 Å². The van der Waals surface area contributed by atoms with Crippen LogP contribution in [0.3, 0.4) is 0 Å². The fourth-order valence-electron chi connectivity index (χ4n) is 3.24. The number of rotatable bonds is 5. The monoisotopic (exact) mass is 336 g/mol. The summed E-state index contributed by atoms with van der Waals surface area (Å²) in [5, 5.41) is 10.7. The van der Waals surface area contributed by atoms with Gasteiger partial charge in [0.25, 0.3) is 0 Å². The molecule has 0 bridgehead atoms. The van der Waals surface area contributed by atoms with Crippen molar-refractivity contribution in [2.45, 2.75) is 46.1 Å². The Labute approximate surface area is 148 Å². The van der Waals surface area contributed by atoms with Gasteiger partial charge >= 0.3 is 5.97 Å². The normalized spacial score (nSPS) is 11.6. The Kier molecular flexibility index (Phi) is 4.62. The van der Waals surface area contributed by atoms with Crippen molar-refractivity contribution in [2.75, 3.05) is 0 Å². The number of benzene rings is 1. The van der Waals surface area contributed by atoms with Crippen LogP contribution in [0.2, 0.25) is 0 Å². The van der Waals surface area contributed by atoms with E-state index in [1.807, 2.05) is 22.8 Å². The molecule has 0 aliphatic carbocycles. The maximum absolute atomic E-state index is 11.8. The van der Waals surface area contributed by atoms with Crippen LogP contribution in [0.5, 0.6) is 0 Å². The van der Waals surface area contributed by atoms with Crippen LogP contribution in [0, 0.1) is 0 Å². The summed E-state index contributed by atoms with van der Waals surface area (Å²) in [5.74, 6) is -0.206. The number of fused-ring (bicyclic) bond motifs is 1. The summed E-state index contributed by atoms with van der Waals surface area (Å²) in [4.78, 5) is 16.2. The Hall–Kier alpha value is -2.62. The van der Waals surface area contributed by atoms with Crippen molar-refractivity contribution in [2.24, 2.45) is 0 Å². The molecule has 0 unspecified atom stereocenters. The third-order valence-corrected chi connectivity index (χ3v) is 4.60. The molecule has 4 heteroatoms. The molecule has 0 radical (unpaired) electrons. The number of nitrogens with zero attached hydrogens (tertiary/aromatic N) is 2. The average molecular weight is 336 g/mol. The number of hydrogen-bond acceptors (Lipinski definition) is 2. The Balaban J connectivity index is 2.29. The van der Waals surface area contributed by atoms with E-state index in [0.717, 1.165) is 16.6 Å². The summed E-state index contributed by atoms with van der Waals surface area (Å²) in [6, 6.07) is 11.8. The van der Waals surface area contributed by atoms with E-state index in [4.69, 9.17) is 0 Å². The number of carbonyl (C=O) groups is 1. The van der Waals surface area contributed by atoms with E-state index in [0.29, 0.717) is 24.1 Å². The molecule has 0 atom stereocenters. The predicted octanol–water partition coefficient (Wildman–Crippen LogP) is 5.03. The zero-order valence-corrected chi connectivity index (χ0v) is 15.2. The molecule has 2 aromatic heterocycles. The van der Waals surface area contributed by atoms with Crippen LogP contribution in [0.4, 0.5) is 0 Å². The Morgan fingerprint density at radius 2 is 1.88 bits per heavy atom. The van der Waals surface area contributed by atoms with Gasteiger partial charge < -0.3 is 9.67 Å². The second-order valence-electron chi connectivity index (χ2n) is 7.10. The van der Waals surface area contributed by atoms with E-state index in [1.54, 1.807) is 12.3 Å². The SMILES string of the molecule is CC(C)c1cc(C(C)C)c2c(c1)cc(C(=O)O)n2Cc1ccccn1. The van der Waals surface area contributed by atoms with Crippen LogP contribution in [0.25, 0.3) is 10.9 Å². The summed E-state index contributed by atoms with van der Waals surface area (Å²) in [6.07, 6.45) is 1.74. The summed E-state index contributed by atoms with van der Waals surface area (Å²) in [6.45, 7) is 9.07. The van der Waals surface area contributed by atoms with Gasteiger partial charge in [0.05, 0.1) is 17.8 Å². The third-order valence-electron chi connectivity index (χ3n) is 4.60. The van der Waals surface area contributed by atoms with Crippen molar-refractivity contribution < 1.29 is 9.90 Å². The van der Waals surface area contributed by atoms with Crippen LogP contribution in [0.1, 0.15) is 66.8 Å². The number of carboxylic acid groups (broad SMARTS) is 1. The number of hydrogen-bond donors (Lipinski definition) is 1. The zero-order chi connectivity index (χ0) is 18.1. The first kappa shape index (κ1) is 17.2. The predicted molar refractivity (Wildman–Crippen MR) is 100 cm³/mol. The number of aromatic carboxylic acids is 1. The molecule has 130 valence electrons. The highest BCUT2D eigenvalue weighted by Crippen LogP contribution is 2.33. The first-order chi connectivity index (χ1) is 11.9. The zero-order valence-electron chi connectivity index (χ0n) is 15.2. The maximum atomic E-state index is 11.8. The van der Waals surface area contributed by atoms with E-state index in [1.165, 1.54) is 11.1 Å². The quantitative estimate of drug-likeness (QED) is 0.711. The molecule has 3 aromatic rings. The van der Waals surface area contributed by atoms with E-state index >= 15 is 0 Å². The molecule has 0 amide bonds. The molecule has 0 fully saturated rings. The number of carboxylic acids is 1. The van der Waals surface area contributed by atoms with Crippen LogP contribution in [-0.4, -0.2) is 20.6 Å². The standard InChI is InChI=1S/C21H24N2O2/c1-13(2)15-9-16-11-19(21(24)25)23(12-17-7-5-6-8-22-17)20(16)18(10-15)14(3)4/h5-11,13-14H,12H2,1-4H3,(H,24,25). The molecule has 0 aliphatic rings. The van der Waals surface area contributed by atoms with E-state index in [9.17, 15) is 9.90 Å². The summed E-state index contributed by atoms with van der Waals surface area (Å²) in [5.41, 5.74) is 4.59. The maximum Gasteiger partial charge on any atom is 0.352 e. The van der Waals surface area contributed by atoms with E-state index < -0.39 is 5.97 Å². The molecule has 1 N–H and O–H groups in total. The van der Waals surface area contributed by atoms with Crippen molar-refractivity contribution in [1.82, 2.24) is 9.55 Å². The molecule has 25 heavy (non-hydrogen) atoms. The van der Waals surface area contributed by atoms with Crippen LogP contribution in [0.15, 0.2) is 42.6 Å². The van der Waals surface area contributed by atoms with Gasteiger partial charge in [-0.25, -0.2) is 4.79 Å². The smallest absolute Gasteiger partial charge is 0.352 e. The molecule has 1 aromatic carbocycles. The second-order valence-corrected chi connectivity index (χ2v) is 7.10. The molecule has 2 heterocycles. The number of aromatic nitrogens is 2. The Morgan fingerprint density at radius 3 is 2.44 bits per heavy atom. The highest BCUT2D eigenvalue weighted by molar-refractivity contribution is 5.96.